The zero-order chi connectivity index (χ0) is 13.0. The van der Waals surface area contributed by atoms with E-state index in [0.717, 1.165) is 39.0 Å². The smallest absolute Gasteiger partial charge is 0.222 e. The molecule has 0 aliphatic carbocycles. The highest BCUT2D eigenvalue weighted by atomic mass is 16.5. The average Bonchev–Trinajstić information content (AvgIpc) is 2.33. The first kappa shape index (κ1) is 13.8. The molecule has 0 radical (unpaired) electrons. The molecule has 2 heterocycles. The number of carbonyl (C=O) groups excluding carboxylic acids is 1. The van der Waals surface area contributed by atoms with Crippen molar-refractivity contribution in [3.05, 3.63) is 0 Å². The first-order chi connectivity index (χ1) is 8.58. The Morgan fingerprint density at radius 1 is 1.39 bits per heavy atom. The molecule has 1 amide bonds. The zero-order valence-electron chi connectivity index (χ0n) is 11.6. The summed E-state index contributed by atoms with van der Waals surface area (Å²) < 4.78 is 5.62. The Morgan fingerprint density at radius 3 is 2.89 bits per heavy atom. The van der Waals surface area contributed by atoms with E-state index < -0.39 is 0 Å². The van der Waals surface area contributed by atoms with Crippen molar-refractivity contribution in [2.75, 3.05) is 19.7 Å². The molecule has 2 N–H and O–H groups in total. The van der Waals surface area contributed by atoms with Gasteiger partial charge in [0.1, 0.15) is 0 Å². The molecule has 0 spiro atoms. The molecule has 4 heteroatoms. The van der Waals surface area contributed by atoms with E-state index in [1.165, 1.54) is 6.42 Å². The lowest BCUT2D eigenvalue weighted by Crippen LogP contribution is -2.54. The highest BCUT2D eigenvalue weighted by molar-refractivity contribution is 5.76. The summed E-state index contributed by atoms with van der Waals surface area (Å²) >= 11 is 0. The third-order valence-corrected chi connectivity index (χ3v) is 4.16. The van der Waals surface area contributed by atoms with Crippen LogP contribution < -0.4 is 10.6 Å². The topological polar surface area (TPSA) is 50.4 Å². The summed E-state index contributed by atoms with van der Waals surface area (Å²) in [4.78, 5) is 12.1. The van der Waals surface area contributed by atoms with Crippen molar-refractivity contribution in [1.82, 2.24) is 10.6 Å². The van der Waals surface area contributed by atoms with Gasteiger partial charge in [-0.1, -0.05) is 13.8 Å². The standard InChI is InChI=1S/C14H26N2O2/c1-14(2)10-15-7-6-12(14)16-13(17)9-11-5-3-4-8-18-11/h11-12,15H,3-10H2,1-2H3,(H,16,17). The van der Waals surface area contributed by atoms with Gasteiger partial charge >= 0.3 is 0 Å². The highest BCUT2D eigenvalue weighted by Crippen LogP contribution is 2.25. The Balaban J connectivity index is 1.79. The molecule has 0 aromatic carbocycles. The summed E-state index contributed by atoms with van der Waals surface area (Å²) in [7, 11) is 0. The van der Waals surface area contributed by atoms with Gasteiger partial charge in [-0.15, -0.1) is 0 Å². The molecular weight excluding hydrogens is 228 g/mol. The molecule has 0 aromatic heterocycles. The van der Waals surface area contributed by atoms with Crippen LogP contribution >= 0.6 is 0 Å². The quantitative estimate of drug-likeness (QED) is 0.801. The maximum Gasteiger partial charge on any atom is 0.222 e. The molecule has 104 valence electrons. The van der Waals surface area contributed by atoms with Gasteiger partial charge in [-0.3, -0.25) is 4.79 Å². The minimum atomic E-state index is 0.140. The van der Waals surface area contributed by atoms with Crippen molar-refractivity contribution in [2.45, 2.75) is 58.1 Å². The van der Waals surface area contributed by atoms with Crippen molar-refractivity contribution in [2.24, 2.45) is 5.41 Å². The molecular formula is C14H26N2O2. The average molecular weight is 254 g/mol. The van der Waals surface area contributed by atoms with E-state index in [2.05, 4.69) is 24.5 Å². The summed E-state index contributed by atoms with van der Waals surface area (Å²) in [6.07, 6.45) is 5.05. The van der Waals surface area contributed by atoms with Crippen LogP contribution in [-0.2, 0) is 9.53 Å². The summed E-state index contributed by atoms with van der Waals surface area (Å²) in [5.41, 5.74) is 0.140. The Kier molecular flexibility index (Phi) is 4.62. The lowest BCUT2D eigenvalue weighted by Gasteiger charge is -2.39. The summed E-state index contributed by atoms with van der Waals surface area (Å²) in [5, 5.41) is 6.58. The lowest BCUT2D eigenvalue weighted by molar-refractivity contribution is -0.126. The van der Waals surface area contributed by atoms with Crippen molar-refractivity contribution >= 4 is 5.91 Å². The lowest BCUT2D eigenvalue weighted by atomic mass is 9.80. The Morgan fingerprint density at radius 2 is 2.22 bits per heavy atom. The van der Waals surface area contributed by atoms with Gasteiger partial charge in [0, 0.05) is 19.2 Å². The number of hydrogen-bond donors (Lipinski definition) is 2. The van der Waals surface area contributed by atoms with Crippen LogP contribution in [0.25, 0.3) is 0 Å². The third kappa shape index (κ3) is 3.69. The predicted octanol–water partition coefficient (Wildman–Crippen LogP) is 1.45. The molecule has 2 aliphatic heterocycles. The van der Waals surface area contributed by atoms with E-state index >= 15 is 0 Å². The van der Waals surface area contributed by atoms with Crippen LogP contribution in [0.4, 0.5) is 0 Å². The second-order valence-electron chi connectivity index (χ2n) is 6.27. The van der Waals surface area contributed by atoms with Crippen LogP contribution in [0.1, 0.15) is 46.0 Å². The number of ether oxygens (including phenoxy) is 1. The van der Waals surface area contributed by atoms with Gasteiger partial charge in [-0.25, -0.2) is 0 Å². The van der Waals surface area contributed by atoms with Gasteiger partial charge in [-0.05, 0) is 37.6 Å². The van der Waals surface area contributed by atoms with E-state index in [1.54, 1.807) is 0 Å². The van der Waals surface area contributed by atoms with Gasteiger partial charge in [0.15, 0.2) is 0 Å². The molecule has 2 aliphatic rings. The second kappa shape index (κ2) is 6.02. The number of hydrogen-bond acceptors (Lipinski definition) is 3. The second-order valence-corrected chi connectivity index (χ2v) is 6.27. The fourth-order valence-corrected chi connectivity index (χ4v) is 2.87. The monoisotopic (exact) mass is 254 g/mol. The number of amides is 1. The first-order valence-electron chi connectivity index (χ1n) is 7.19. The van der Waals surface area contributed by atoms with Crippen LogP contribution in [0.2, 0.25) is 0 Å². The summed E-state index contributed by atoms with van der Waals surface area (Å²) in [6, 6.07) is 0.287. The Bertz CT molecular complexity index is 286. The number of piperidine rings is 1. The fraction of sp³-hybridized carbons (Fsp3) is 0.929. The molecule has 18 heavy (non-hydrogen) atoms. The SMILES string of the molecule is CC1(C)CNCCC1NC(=O)CC1CCCCO1. The Labute approximate surface area is 110 Å². The van der Waals surface area contributed by atoms with Gasteiger partial charge in [0.2, 0.25) is 5.91 Å². The van der Waals surface area contributed by atoms with Gasteiger partial charge in [-0.2, -0.15) is 0 Å². The predicted molar refractivity (Wildman–Crippen MR) is 71.4 cm³/mol. The molecule has 2 fully saturated rings. The van der Waals surface area contributed by atoms with Gasteiger partial charge in [0.05, 0.1) is 12.5 Å². The van der Waals surface area contributed by atoms with Crippen LogP contribution in [-0.4, -0.2) is 37.7 Å². The van der Waals surface area contributed by atoms with Gasteiger partial charge < -0.3 is 15.4 Å². The number of nitrogens with one attached hydrogen (secondary N) is 2. The largest absolute Gasteiger partial charge is 0.378 e. The molecule has 2 atom stereocenters. The molecule has 0 aromatic rings. The molecule has 2 unspecified atom stereocenters. The van der Waals surface area contributed by atoms with E-state index in [9.17, 15) is 4.79 Å². The Hall–Kier alpha value is -0.610. The van der Waals surface area contributed by atoms with E-state index in [-0.39, 0.29) is 23.5 Å². The number of carbonyl (C=O) groups is 1. The maximum absolute atomic E-state index is 12.1. The van der Waals surface area contributed by atoms with Crippen molar-refractivity contribution in [1.29, 1.82) is 0 Å². The van der Waals surface area contributed by atoms with Crippen LogP contribution in [0.3, 0.4) is 0 Å². The first-order valence-corrected chi connectivity index (χ1v) is 7.19. The molecule has 2 rings (SSSR count). The minimum absolute atomic E-state index is 0.140. The van der Waals surface area contributed by atoms with Crippen LogP contribution in [0.5, 0.6) is 0 Å². The van der Waals surface area contributed by atoms with Gasteiger partial charge in [0.25, 0.3) is 0 Å². The fourth-order valence-electron chi connectivity index (χ4n) is 2.87. The zero-order valence-corrected chi connectivity index (χ0v) is 11.6. The highest BCUT2D eigenvalue weighted by Gasteiger charge is 2.33. The van der Waals surface area contributed by atoms with Crippen LogP contribution in [0.15, 0.2) is 0 Å². The maximum atomic E-state index is 12.1. The number of rotatable bonds is 3. The summed E-state index contributed by atoms with van der Waals surface area (Å²) in [5.74, 6) is 0.155. The van der Waals surface area contributed by atoms with Crippen LogP contribution in [0, 0.1) is 5.41 Å². The van der Waals surface area contributed by atoms with E-state index in [1.807, 2.05) is 0 Å². The molecule has 0 saturated carbocycles. The van der Waals surface area contributed by atoms with Crippen molar-refractivity contribution in [3.63, 3.8) is 0 Å². The van der Waals surface area contributed by atoms with Crippen molar-refractivity contribution < 1.29 is 9.53 Å². The molecule has 4 nitrogen and oxygen atoms in total. The van der Waals surface area contributed by atoms with E-state index in [4.69, 9.17) is 4.74 Å². The third-order valence-electron chi connectivity index (χ3n) is 4.16. The molecule has 0 bridgehead atoms. The normalized spacial score (nSPS) is 31.9. The van der Waals surface area contributed by atoms with E-state index in [0.29, 0.717) is 6.42 Å². The summed E-state index contributed by atoms with van der Waals surface area (Å²) in [6.45, 7) is 7.20. The molecule has 2 saturated heterocycles. The van der Waals surface area contributed by atoms with Crippen molar-refractivity contribution in [3.8, 4) is 0 Å². The minimum Gasteiger partial charge on any atom is -0.378 e.